The molecule has 3 heteroatoms. The quantitative estimate of drug-likeness (QED) is 0.386. The fraction of sp³-hybridized carbons (Fsp3) is 0.700. The van der Waals surface area contributed by atoms with E-state index in [0.29, 0.717) is 22.3 Å². The Morgan fingerprint density at radius 1 is 0.913 bits per heavy atom. The Hall–Kier alpha value is -0.313. The van der Waals surface area contributed by atoms with E-state index >= 15 is 0 Å². The minimum atomic E-state index is 0.461. The number of alkyl halides is 1. The molecule has 126 valence electrons. The summed E-state index contributed by atoms with van der Waals surface area (Å²) in [5.74, 6) is 2.15. The summed E-state index contributed by atoms with van der Waals surface area (Å²) in [6.07, 6.45) is 14.0. The molecule has 0 N–H and O–H groups in total. The molecule has 0 heterocycles. The van der Waals surface area contributed by atoms with E-state index in [4.69, 9.17) is 16.0 Å². The molecule has 0 aliphatic heterocycles. The molecule has 1 nitrogen and oxygen atoms in total. The lowest BCUT2D eigenvalue weighted by Crippen LogP contribution is -2.28. The Bertz CT molecular complexity index is 479. The molecule has 2 aliphatic rings. The second-order valence-electron chi connectivity index (χ2n) is 7.12. The van der Waals surface area contributed by atoms with Gasteiger partial charge in [-0.15, -0.1) is 11.6 Å². The van der Waals surface area contributed by atoms with Gasteiger partial charge in [-0.1, -0.05) is 56.7 Å². The van der Waals surface area contributed by atoms with Gasteiger partial charge in [-0.05, 0) is 53.8 Å². The molecule has 23 heavy (non-hydrogen) atoms. The molecule has 0 spiro atoms. The lowest BCUT2D eigenvalue weighted by Gasteiger charge is -2.31. The van der Waals surface area contributed by atoms with Crippen molar-refractivity contribution in [1.29, 1.82) is 0 Å². The van der Waals surface area contributed by atoms with E-state index in [1.807, 2.05) is 0 Å². The third-order valence-corrected chi connectivity index (χ3v) is 6.72. The number of hydrogen-bond donors (Lipinski definition) is 0. The molecular weight excluding hydrogens is 320 g/mol. The number of halogens is 1. The average molecular weight is 349 g/mol. The SMILES string of the molecule is ClCCO[Si]c1cccc(C2CCCCC2)c1C1CCCCC1. The summed E-state index contributed by atoms with van der Waals surface area (Å²) in [5.41, 5.74) is 3.34. The fourth-order valence-corrected chi connectivity index (χ4v) is 5.64. The summed E-state index contributed by atoms with van der Waals surface area (Å²) < 4.78 is 5.84. The van der Waals surface area contributed by atoms with Gasteiger partial charge in [0, 0.05) is 12.5 Å². The summed E-state index contributed by atoms with van der Waals surface area (Å²) >= 11 is 5.79. The predicted octanol–water partition coefficient (Wildman–Crippen LogP) is 5.28. The maximum absolute atomic E-state index is 5.84. The van der Waals surface area contributed by atoms with Crippen molar-refractivity contribution in [3.8, 4) is 0 Å². The first-order valence-corrected chi connectivity index (χ1v) is 10.9. The highest BCUT2D eigenvalue weighted by Crippen LogP contribution is 2.40. The minimum absolute atomic E-state index is 0.461. The van der Waals surface area contributed by atoms with Crippen LogP contribution in [0.25, 0.3) is 0 Å². The zero-order valence-electron chi connectivity index (χ0n) is 14.2. The van der Waals surface area contributed by atoms with E-state index in [0.717, 1.165) is 11.8 Å². The predicted molar refractivity (Wildman–Crippen MR) is 100 cm³/mol. The lowest BCUT2D eigenvalue weighted by atomic mass is 9.76. The van der Waals surface area contributed by atoms with Gasteiger partial charge in [-0.2, -0.15) is 0 Å². The van der Waals surface area contributed by atoms with E-state index in [9.17, 15) is 0 Å². The van der Waals surface area contributed by atoms with E-state index in [1.165, 1.54) is 69.4 Å². The van der Waals surface area contributed by atoms with Gasteiger partial charge in [-0.25, -0.2) is 0 Å². The fourth-order valence-electron chi connectivity index (χ4n) is 4.46. The number of rotatable bonds is 6. The van der Waals surface area contributed by atoms with Gasteiger partial charge in [0.2, 0.25) is 0 Å². The molecule has 1 aromatic carbocycles. The largest absolute Gasteiger partial charge is 0.410 e. The Labute approximate surface area is 149 Å². The molecule has 2 saturated carbocycles. The van der Waals surface area contributed by atoms with Gasteiger partial charge in [-0.3, -0.25) is 0 Å². The van der Waals surface area contributed by atoms with Crippen molar-refractivity contribution in [3.05, 3.63) is 29.3 Å². The summed E-state index contributed by atoms with van der Waals surface area (Å²) in [4.78, 5) is 0. The second-order valence-corrected chi connectivity index (χ2v) is 8.53. The van der Waals surface area contributed by atoms with Crippen molar-refractivity contribution in [3.63, 3.8) is 0 Å². The van der Waals surface area contributed by atoms with Crippen molar-refractivity contribution in [2.24, 2.45) is 0 Å². The highest BCUT2D eigenvalue weighted by atomic mass is 35.5. The average Bonchev–Trinajstić information content (AvgIpc) is 2.63. The number of benzene rings is 1. The normalized spacial score (nSPS) is 20.7. The molecular formula is C20H29ClOSi. The van der Waals surface area contributed by atoms with Crippen LogP contribution in [-0.4, -0.2) is 22.3 Å². The van der Waals surface area contributed by atoms with Crippen molar-refractivity contribution >= 4 is 26.6 Å². The van der Waals surface area contributed by atoms with E-state index in [-0.39, 0.29) is 0 Å². The first kappa shape index (κ1) is 17.5. The monoisotopic (exact) mass is 348 g/mol. The standard InChI is InChI=1S/C20H29ClOSi/c21-14-15-22-23-19-13-7-12-18(16-8-3-1-4-9-16)20(19)17-10-5-2-6-11-17/h7,12-13,16-17H,1-6,8-11,14-15H2. The number of hydrogen-bond acceptors (Lipinski definition) is 1. The van der Waals surface area contributed by atoms with Crippen LogP contribution >= 0.6 is 11.6 Å². The third kappa shape index (κ3) is 4.61. The highest BCUT2D eigenvalue weighted by molar-refractivity contribution is 6.47. The summed E-state index contributed by atoms with van der Waals surface area (Å²) in [6.45, 7) is 0.664. The Balaban J connectivity index is 1.87. The smallest absolute Gasteiger partial charge is 0.269 e. The Morgan fingerprint density at radius 3 is 2.22 bits per heavy atom. The highest BCUT2D eigenvalue weighted by Gasteiger charge is 2.26. The topological polar surface area (TPSA) is 9.23 Å². The van der Waals surface area contributed by atoms with E-state index in [1.54, 1.807) is 11.1 Å². The van der Waals surface area contributed by atoms with Crippen LogP contribution < -0.4 is 5.19 Å². The first-order chi connectivity index (χ1) is 11.4. The molecule has 0 unspecified atom stereocenters. The summed E-state index contributed by atoms with van der Waals surface area (Å²) in [6, 6.07) is 7.00. The molecule has 2 aliphatic carbocycles. The Kier molecular flexibility index (Phi) is 7.04. The van der Waals surface area contributed by atoms with Gasteiger partial charge >= 0.3 is 0 Å². The maximum Gasteiger partial charge on any atom is 0.269 e. The molecule has 0 saturated heterocycles. The molecule has 1 aromatic rings. The van der Waals surface area contributed by atoms with Crippen molar-refractivity contribution in [2.45, 2.75) is 76.0 Å². The van der Waals surface area contributed by atoms with Crippen LogP contribution in [0.3, 0.4) is 0 Å². The molecule has 0 amide bonds. The van der Waals surface area contributed by atoms with Crippen LogP contribution in [-0.2, 0) is 4.43 Å². The van der Waals surface area contributed by atoms with Crippen LogP contribution in [0.15, 0.2) is 18.2 Å². The first-order valence-electron chi connectivity index (χ1n) is 9.46. The molecule has 3 rings (SSSR count). The van der Waals surface area contributed by atoms with Crippen LogP contribution in [0.2, 0.25) is 0 Å². The van der Waals surface area contributed by atoms with Crippen molar-refractivity contribution < 1.29 is 4.43 Å². The van der Waals surface area contributed by atoms with Gasteiger partial charge in [0.15, 0.2) is 0 Å². The molecule has 2 radical (unpaired) electrons. The van der Waals surface area contributed by atoms with Crippen LogP contribution in [0.5, 0.6) is 0 Å². The summed E-state index contributed by atoms with van der Waals surface area (Å²) in [7, 11) is 0.461. The van der Waals surface area contributed by atoms with Crippen LogP contribution in [0.4, 0.5) is 0 Å². The van der Waals surface area contributed by atoms with E-state index < -0.39 is 0 Å². The molecule has 0 atom stereocenters. The molecule has 0 bridgehead atoms. The zero-order chi connectivity index (χ0) is 15.9. The molecule has 0 aromatic heterocycles. The molecule has 2 fully saturated rings. The van der Waals surface area contributed by atoms with Gasteiger partial charge < -0.3 is 4.43 Å². The maximum atomic E-state index is 5.84. The lowest BCUT2D eigenvalue weighted by molar-refractivity contribution is 0.369. The second kappa shape index (κ2) is 9.24. The van der Waals surface area contributed by atoms with Crippen LogP contribution in [0, 0.1) is 0 Å². The summed E-state index contributed by atoms with van der Waals surface area (Å²) in [5, 5.41) is 1.46. The minimum Gasteiger partial charge on any atom is -0.410 e. The van der Waals surface area contributed by atoms with Gasteiger partial charge in [0.05, 0.1) is 0 Å². The Morgan fingerprint density at radius 2 is 1.57 bits per heavy atom. The van der Waals surface area contributed by atoms with Crippen LogP contribution in [0.1, 0.15) is 87.2 Å². The van der Waals surface area contributed by atoms with Gasteiger partial charge in [0.1, 0.15) is 0 Å². The van der Waals surface area contributed by atoms with Gasteiger partial charge in [0.25, 0.3) is 9.76 Å². The van der Waals surface area contributed by atoms with E-state index in [2.05, 4.69) is 18.2 Å². The van der Waals surface area contributed by atoms with Crippen molar-refractivity contribution in [1.82, 2.24) is 0 Å². The third-order valence-electron chi connectivity index (χ3n) is 5.56. The van der Waals surface area contributed by atoms with Crippen molar-refractivity contribution in [2.75, 3.05) is 12.5 Å². The zero-order valence-corrected chi connectivity index (χ0v) is 15.9.